The van der Waals surface area contributed by atoms with Crippen molar-refractivity contribution in [3.8, 4) is 17.6 Å². The van der Waals surface area contributed by atoms with Gasteiger partial charge in [0.25, 0.3) is 5.69 Å². The van der Waals surface area contributed by atoms with E-state index in [2.05, 4.69) is 6.07 Å². The molecule has 168 valence electrons. The van der Waals surface area contributed by atoms with Gasteiger partial charge >= 0.3 is 0 Å². The smallest absolute Gasteiger partial charge is 0.269 e. The van der Waals surface area contributed by atoms with Gasteiger partial charge in [-0.2, -0.15) is 5.26 Å². The lowest BCUT2D eigenvalue weighted by molar-refractivity contribution is -0.384. The first-order valence-corrected chi connectivity index (χ1v) is 10.2. The maximum Gasteiger partial charge on any atom is 0.269 e. The van der Waals surface area contributed by atoms with Crippen LogP contribution < -0.4 is 9.47 Å². The molecule has 0 N–H and O–H groups in total. The second-order valence-corrected chi connectivity index (χ2v) is 6.71. The van der Waals surface area contributed by atoms with E-state index in [0.29, 0.717) is 75.5 Å². The number of benzene rings is 2. The quantitative estimate of drug-likeness (QED) is 0.309. The number of nitrogens with zero attached hydrogens (tertiary/aromatic N) is 2. The van der Waals surface area contributed by atoms with Gasteiger partial charge in [0, 0.05) is 12.1 Å². The fourth-order valence-electron chi connectivity index (χ4n) is 2.92. The highest BCUT2D eigenvalue weighted by Gasteiger charge is 2.10. The van der Waals surface area contributed by atoms with Gasteiger partial charge < -0.3 is 23.7 Å². The Kier molecular flexibility index (Phi) is 9.01. The molecule has 0 spiro atoms. The van der Waals surface area contributed by atoms with Crippen LogP contribution in [0.3, 0.4) is 0 Å². The van der Waals surface area contributed by atoms with Crippen molar-refractivity contribution in [2.75, 3.05) is 52.9 Å². The molecule has 9 nitrogen and oxygen atoms in total. The Morgan fingerprint density at radius 2 is 1.41 bits per heavy atom. The van der Waals surface area contributed by atoms with Gasteiger partial charge in [-0.15, -0.1) is 0 Å². The molecule has 0 fully saturated rings. The van der Waals surface area contributed by atoms with Gasteiger partial charge in [-0.25, -0.2) is 0 Å². The number of nitro benzene ring substituents is 1. The number of hydrogen-bond donors (Lipinski definition) is 0. The maximum absolute atomic E-state index is 10.8. The summed E-state index contributed by atoms with van der Waals surface area (Å²) in [6.07, 6.45) is 1.69. The van der Waals surface area contributed by atoms with Crippen LogP contribution in [0.4, 0.5) is 5.69 Å². The first-order valence-electron chi connectivity index (χ1n) is 10.2. The molecule has 0 saturated heterocycles. The monoisotopic (exact) mass is 440 g/mol. The lowest BCUT2D eigenvalue weighted by atomic mass is 10.0. The van der Waals surface area contributed by atoms with Crippen molar-refractivity contribution >= 4 is 17.3 Å². The molecule has 2 aromatic carbocycles. The van der Waals surface area contributed by atoms with E-state index in [1.54, 1.807) is 30.3 Å². The van der Waals surface area contributed by atoms with Crippen LogP contribution in [0.1, 0.15) is 11.1 Å². The molecule has 0 atom stereocenters. The Hall–Kier alpha value is -3.45. The Bertz CT molecular complexity index is 967. The van der Waals surface area contributed by atoms with Gasteiger partial charge in [-0.05, 0) is 41.5 Å². The van der Waals surface area contributed by atoms with Crippen molar-refractivity contribution in [3.63, 3.8) is 0 Å². The van der Waals surface area contributed by atoms with Crippen LogP contribution in [0.15, 0.2) is 42.5 Å². The highest BCUT2D eigenvalue weighted by atomic mass is 16.6. The second-order valence-electron chi connectivity index (χ2n) is 6.71. The van der Waals surface area contributed by atoms with Crippen LogP contribution in [-0.2, 0) is 14.2 Å². The molecule has 1 heterocycles. The minimum Gasteiger partial charge on any atom is -0.487 e. The fraction of sp³-hybridized carbons (Fsp3) is 0.348. The van der Waals surface area contributed by atoms with Gasteiger partial charge in [0.2, 0.25) is 0 Å². The molecule has 0 unspecified atom stereocenters. The zero-order valence-corrected chi connectivity index (χ0v) is 17.5. The first-order chi connectivity index (χ1) is 15.7. The SMILES string of the molecule is N#C/C(=C\c1ccc2c(c1)OCCOCCOCCOCCO2)c1ccc([N+](=O)[O-])cc1. The normalized spacial score (nSPS) is 16.3. The Balaban J connectivity index is 1.78. The number of fused-ring (bicyclic) bond motifs is 1. The summed E-state index contributed by atoms with van der Waals surface area (Å²) in [6, 6.07) is 13.3. The van der Waals surface area contributed by atoms with Crippen molar-refractivity contribution in [2.24, 2.45) is 0 Å². The van der Waals surface area contributed by atoms with Gasteiger partial charge in [0.05, 0.1) is 56.2 Å². The third-order valence-corrected chi connectivity index (χ3v) is 4.50. The van der Waals surface area contributed by atoms with E-state index in [1.807, 2.05) is 6.07 Å². The Morgan fingerprint density at radius 3 is 1.97 bits per heavy atom. The number of allylic oxidation sites excluding steroid dienone is 1. The number of ether oxygens (including phenoxy) is 5. The summed E-state index contributed by atoms with van der Waals surface area (Å²) in [5.74, 6) is 1.08. The first kappa shape index (κ1) is 23.2. The number of hydrogen-bond acceptors (Lipinski definition) is 8. The largest absolute Gasteiger partial charge is 0.487 e. The van der Waals surface area contributed by atoms with Crippen molar-refractivity contribution in [3.05, 3.63) is 63.7 Å². The second kappa shape index (κ2) is 12.4. The summed E-state index contributed by atoms with van der Waals surface area (Å²) in [7, 11) is 0. The topological polar surface area (TPSA) is 113 Å². The third-order valence-electron chi connectivity index (χ3n) is 4.50. The average molecular weight is 440 g/mol. The summed E-state index contributed by atoms with van der Waals surface area (Å²) in [4.78, 5) is 10.4. The van der Waals surface area contributed by atoms with Crippen LogP contribution in [-0.4, -0.2) is 57.8 Å². The van der Waals surface area contributed by atoms with Crippen molar-refractivity contribution < 1.29 is 28.6 Å². The molecule has 0 aromatic heterocycles. The van der Waals surface area contributed by atoms with Gasteiger partial charge in [-0.1, -0.05) is 6.07 Å². The van der Waals surface area contributed by atoms with Crippen LogP contribution >= 0.6 is 0 Å². The molecule has 1 aliphatic rings. The Morgan fingerprint density at radius 1 is 0.844 bits per heavy atom. The minimum absolute atomic E-state index is 0.0312. The van der Waals surface area contributed by atoms with Crippen LogP contribution in [0.2, 0.25) is 0 Å². The van der Waals surface area contributed by atoms with Gasteiger partial charge in [-0.3, -0.25) is 10.1 Å². The molecule has 9 heteroatoms. The van der Waals surface area contributed by atoms with Crippen molar-refractivity contribution in [1.82, 2.24) is 0 Å². The van der Waals surface area contributed by atoms with E-state index in [-0.39, 0.29) is 5.69 Å². The lowest BCUT2D eigenvalue weighted by Crippen LogP contribution is -2.13. The van der Waals surface area contributed by atoms with Crippen LogP contribution in [0.25, 0.3) is 11.6 Å². The highest BCUT2D eigenvalue weighted by Crippen LogP contribution is 2.30. The van der Waals surface area contributed by atoms with E-state index >= 15 is 0 Å². The summed E-state index contributed by atoms with van der Waals surface area (Å²) in [6.45, 7) is 3.44. The zero-order valence-electron chi connectivity index (χ0n) is 17.5. The van der Waals surface area contributed by atoms with Crippen molar-refractivity contribution in [1.29, 1.82) is 5.26 Å². The van der Waals surface area contributed by atoms with E-state index in [9.17, 15) is 15.4 Å². The van der Waals surface area contributed by atoms with Crippen LogP contribution in [0, 0.1) is 21.4 Å². The van der Waals surface area contributed by atoms with Gasteiger partial charge in [0.15, 0.2) is 11.5 Å². The predicted molar refractivity (Wildman–Crippen MR) is 116 cm³/mol. The maximum atomic E-state index is 10.8. The highest BCUT2D eigenvalue weighted by molar-refractivity contribution is 5.90. The summed E-state index contributed by atoms with van der Waals surface area (Å²) in [5.41, 5.74) is 1.65. The molecule has 0 bridgehead atoms. The summed E-state index contributed by atoms with van der Waals surface area (Å²) in [5, 5.41) is 20.4. The molecule has 0 amide bonds. The molecule has 1 aliphatic heterocycles. The molecular weight excluding hydrogens is 416 g/mol. The number of rotatable bonds is 3. The summed E-state index contributed by atoms with van der Waals surface area (Å²) < 4.78 is 28.0. The predicted octanol–water partition coefficient (Wildman–Crippen LogP) is 3.48. The third kappa shape index (κ3) is 7.06. The standard InChI is InChI=1S/C23H24N2O7/c24-17-20(19-2-4-21(5-3-19)25(26)27)15-18-1-6-22-23(16-18)32-14-12-30-10-8-28-7-9-29-11-13-31-22/h1-6,15-16H,7-14H2/b20-15+. The number of nitriles is 1. The number of nitro groups is 1. The molecule has 0 radical (unpaired) electrons. The van der Waals surface area contributed by atoms with E-state index in [4.69, 9.17) is 23.7 Å². The van der Waals surface area contributed by atoms with Crippen LogP contribution in [0.5, 0.6) is 11.5 Å². The van der Waals surface area contributed by atoms with E-state index in [1.165, 1.54) is 12.1 Å². The minimum atomic E-state index is -0.478. The van der Waals surface area contributed by atoms with E-state index in [0.717, 1.165) is 5.56 Å². The summed E-state index contributed by atoms with van der Waals surface area (Å²) >= 11 is 0. The van der Waals surface area contributed by atoms with Gasteiger partial charge in [0.1, 0.15) is 13.2 Å². The molecule has 0 aliphatic carbocycles. The van der Waals surface area contributed by atoms with E-state index < -0.39 is 4.92 Å². The fourth-order valence-corrected chi connectivity index (χ4v) is 2.92. The Labute approximate surface area is 185 Å². The average Bonchev–Trinajstić information content (AvgIpc) is 2.82. The lowest BCUT2D eigenvalue weighted by Gasteiger charge is -2.14. The van der Waals surface area contributed by atoms with Crippen molar-refractivity contribution in [2.45, 2.75) is 0 Å². The molecular formula is C23H24N2O7. The number of non-ortho nitro benzene ring substituents is 1. The molecule has 3 rings (SSSR count). The molecule has 32 heavy (non-hydrogen) atoms. The molecule has 2 aromatic rings. The zero-order chi connectivity index (χ0) is 22.6. The molecule has 0 saturated carbocycles.